The van der Waals surface area contributed by atoms with Crippen molar-refractivity contribution >= 4 is 17.2 Å². The number of hydrogen-bond donors (Lipinski definition) is 1. The lowest BCUT2D eigenvalue weighted by atomic mass is 9.95. The Morgan fingerprint density at radius 3 is 2.94 bits per heavy atom. The number of nitrogens with zero attached hydrogens (tertiary/aromatic N) is 1. The molecule has 1 unspecified atom stereocenters. The van der Waals surface area contributed by atoms with E-state index in [4.69, 9.17) is 0 Å². The molecule has 0 saturated heterocycles. The van der Waals surface area contributed by atoms with E-state index in [9.17, 15) is 9.90 Å². The first-order valence-electron chi connectivity index (χ1n) is 6.62. The summed E-state index contributed by atoms with van der Waals surface area (Å²) < 4.78 is 0. The minimum Gasteiger partial charge on any atom is -0.393 e. The van der Waals surface area contributed by atoms with Crippen molar-refractivity contribution in [1.82, 2.24) is 4.90 Å². The van der Waals surface area contributed by atoms with Gasteiger partial charge in [0.25, 0.3) is 5.91 Å². The van der Waals surface area contributed by atoms with Crippen molar-refractivity contribution in [2.24, 2.45) is 0 Å². The van der Waals surface area contributed by atoms with E-state index in [1.807, 2.05) is 12.4 Å². The van der Waals surface area contributed by atoms with E-state index in [2.05, 4.69) is 0 Å². The van der Waals surface area contributed by atoms with Crippen LogP contribution in [0.1, 0.15) is 47.0 Å². The van der Waals surface area contributed by atoms with Crippen molar-refractivity contribution in [2.45, 2.75) is 45.1 Å². The molecule has 1 N–H and O–H groups in total. The van der Waals surface area contributed by atoms with Gasteiger partial charge in [-0.3, -0.25) is 4.79 Å². The zero-order valence-corrected chi connectivity index (χ0v) is 11.9. The van der Waals surface area contributed by atoms with E-state index in [1.54, 1.807) is 23.2 Å². The molecule has 0 spiro atoms. The van der Waals surface area contributed by atoms with Crippen molar-refractivity contribution in [2.75, 3.05) is 13.6 Å². The van der Waals surface area contributed by atoms with Crippen LogP contribution in [0.2, 0.25) is 0 Å². The maximum absolute atomic E-state index is 12.3. The smallest absolute Gasteiger partial charge is 0.254 e. The second kappa shape index (κ2) is 5.85. The molecule has 0 fully saturated rings. The molecule has 100 valence electrons. The van der Waals surface area contributed by atoms with Gasteiger partial charge >= 0.3 is 0 Å². The average Bonchev–Trinajstić information content (AvgIpc) is 2.78. The van der Waals surface area contributed by atoms with Crippen molar-refractivity contribution in [3.05, 3.63) is 21.4 Å². The molecule has 1 heterocycles. The Balaban J connectivity index is 2.06. The van der Waals surface area contributed by atoms with Gasteiger partial charge in [-0.1, -0.05) is 0 Å². The van der Waals surface area contributed by atoms with Crippen LogP contribution in [0.5, 0.6) is 0 Å². The molecule has 1 aliphatic rings. The summed E-state index contributed by atoms with van der Waals surface area (Å²) in [6, 6.07) is 0. The molecule has 4 heteroatoms. The Labute approximate surface area is 112 Å². The Morgan fingerprint density at radius 1 is 1.50 bits per heavy atom. The predicted octanol–water partition coefficient (Wildman–Crippen LogP) is 2.47. The van der Waals surface area contributed by atoms with Gasteiger partial charge in [0.2, 0.25) is 0 Å². The van der Waals surface area contributed by atoms with Gasteiger partial charge in [0, 0.05) is 23.8 Å². The first kappa shape index (κ1) is 13.6. The number of carbonyl (C=O) groups excluding carboxylic acids is 1. The molecule has 0 aliphatic heterocycles. The number of thiophene rings is 1. The number of aliphatic hydroxyl groups excluding tert-OH is 1. The lowest BCUT2D eigenvalue weighted by molar-refractivity contribution is 0.0768. The molecular weight excluding hydrogens is 246 g/mol. The molecule has 2 rings (SSSR count). The lowest BCUT2D eigenvalue weighted by Gasteiger charge is -2.19. The van der Waals surface area contributed by atoms with E-state index in [0.29, 0.717) is 13.0 Å². The van der Waals surface area contributed by atoms with Crippen molar-refractivity contribution in [3.8, 4) is 0 Å². The Bertz CT molecular complexity index is 425. The minimum atomic E-state index is -0.350. The standard InChI is InChI=1S/C14H21NO2S/c1-10(16)7-8-15(2)14(17)12-9-18-13-6-4-3-5-11(12)13/h9-10,16H,3-8H2,1-2H3. The van der Waals surface area contributed by atoms with E-state index >= 15 is 0 Å². The highest BCUT2D eigenvalue weighted by Gasteiger charge is 2.22. The summed E-state index contributed by atoms with van der Waals surface area (Å²) in [7, 11) is 1.82. The third kappa shape index (κ3) is 2.93. The highest BCUT2D eigenvalue weighted by atomic mass is 32.1. The van der Waals surface area contributed by atoms with Gasteiger partial charge in [-0.2, -0.15) is 0 Å². The highest BCUT2D eigenvalue weighted by Crippen LogP contribution is 2.30. The quantitative estimate of drug-likeness (QED) is 0.910. The van der Waals surface area contributed by atoms with Crippen LogP contribution >= 0.6 is 11.3 Å². The predicted molar refractivity (Wildman–Crippen MR) is 74.2 cm³/mol. The van der Waals surface area contributed by atoms with Crippen molar-refractivity contribution in [3.63, 3.8) is 0 Å². The van der Waals surface area contributed by atoms with E-state index in [0.717, 1.165) is 18.4 Å². The topological polar surface area (TPSA) is 40.5 Å². The number of rotatable bonds is 4. The summed E-state index contributed by atoms with van der Waals surface area (Å²) in [6.45, 7) is 2.37. The zero-order valence-electron chi connectivity index (χ0n) is 11.1. The van der Waals surface area contributed by atoms with Gasteiger partial charge < -0.3 is 10.0 Å². The van der Waals surface area contributed by atoms with Crippen molar-refractivity contribution in [1.29, 1.82) is 0 Å². The number of fused-ring (bicyclic) bond motifs is 1. The van der Waals surface area contributed by atoms with E-state index in [-0.39, 0.29) is 12.0 Å². The normalized spacial score (nSPS) is 16.2. The largest absolute Gasteiger partial charge is 0.393 e. The van der Waals surface area contributed by atoms with Gasteiger partial charge in [0.1, 0.15) is 0 Å². The Hall–Kier alpha value is -0.870. The van der Waals surface area contributed by atoms with Crippen molar-refractivity contribution < 1.29 is 9.90 Å². The van der Waals surface area contributed by atoms with Crippen LogP contribution in [0.25, 0.3) is 0 Å². The second-order valence-corrected chi connectivity index (χ2v) is 6.09. The fraction of sp³-hybridized carbons (Fsp3) is 0.643. The molecule has 1 aromatic heterocycles. The lowest BCUT2D eigenvalue weighted by Crippen LogP contribution is -2.30. The van der Waals surface area contributed by atoms with E-state index < -0.39 is 0 Å². The fourth-order valence-electron chi connectivity index (χ4n) is 2.36. The second-order valence-electron chi connectivity index (χ2n) is 5.12. The van der Waals surface area contributed by atoms with Gasteiger partial charge in [-0.05, 0) is 44.6 Å². The van der Waals surface area contributed by atoms with Gasteiger partial charge in [0.15, 0.2) is 0 Å². The Kier molecular flexibility index (Phi) is 4.40. The molecule has 0 radical (unpaired) electrons. The van der Waals surface area contributed by atoms with Crippen LogP contribution < -0.4 is 0 Å². The van der Waals surface area contributed by atoms with Crippen LogP contribution in [0.4, 0.5) is 0 Å². The molecule has 1 aliphatic carbocycles. The summed E-state index contributed by atoms with van der Waals surface area (Å²) in [5, 5.41) is 11.3. The molecule has 1 amide bonds. The molecule has 18 heavy (non-hydrogen) atoms. The SMILES string of the molecule is CC(O)CCN(C)C(=O)c1csc2c1CCCC2. The maximum atomic E-state index is 12.3. The summed E-state index contributed by atoms with van der Waals surface area (Å²) in [5.41, 5.74) is 2.17. The number of aryl methyl sites for hydroxylation is 1. The van der Waals surface area contributed by atoms with Gasteiger partial charge in [0.05, 0.1) is 11.7 Å². The molecule has 3 nitrogen and oxygen atoms in total. The first-order chi connectivity index (χ1) is 8.59. The van der Waals surface area contributed by atoms with Gasteiger partial charge in [-0.25, -0.2) is 0 Å². The maximum Gasteiger partial charge on any atom is 0.254 e. The first-order valence-corrected chi connectivity index (χ1v) is 7.50. The monoisotopic (exact) mass is 267 g/mol. The minimum absolute atomic E-state index is 0.107. The number of hydrogen-bond acceptors (Lipinski definition) is 3. The highest BCUT2D eigenvalue weighted by molar-refractivity contribution is 7.10. The zero-order chi connectivity index (χ0) is 13.1. The molecule has 0 bridgehead atoms. The van der Waals surface area contributed by atoms with Gasteiger partial charge in [-0.15, -0.1) is 11.3 Å². The van der Waals surface area contributed by atoms with Crippen LogP contribution in [0.3, 0.4) is 0 Å². The average molecular weight is 267 g/mol. The Morgan fingerprint density at radius 2 is 2.22 bits per heavy atom. The third-order valence-electron chi connectivity index (χ3n) is 3.52. The summed E-state index contributed by atoms with van der Waals surface area (Å²) in [6.07, 6.45) is 4.90. The van der Waals surface area contributed by atoms with Crippen LogP contribution in [-0.2, 0) is 12.8 Å². The van der Waals surface area contributed by atoms with Crippen LogP contribution in [0.15, 0.2) is 5.38 Å². The number of amides is 1. The van der Waals surface area contributed by atoms with Crippen LogP contribution in [-0.4, -0.2) is 35.6 Å². The summed E-state index contributed by atoms with van der Waals surface area (Å²) in [5.74, 6) is 0.107. The fourth-order valence-corrected chi connectivity index (χ4v) is 3.48. The van der Waals surface area contributed by atoms with E-state index in [1.165, 1.54) is 23.3 Å². The summed E-state index contributed by atoms with van der Waals surface area (Å²) in [4.78, 5) is 15.5. The molecule has 1 aromatic rings. The molecule has 0 saturated carbocycles. The van der Waals surface area contributed by atoms with Crippen LogP contribution in [0, 0.1) is 0 Å². The third-order valence-corrected chi connectivity index (χ3v) is 4.61. The number of aliphatic hydroxyl groups is 1. The molecular formula is C14H21NO2S. The summed E-state index contributed by atoms with van der Waals surface area (Å²) >= 11 is 1.73. The molecule has 0 aromatic carbocycles. The number of carbonyl (C=O) groups is 1. The molecule has 1 atom stereocenters.